The first-order chi connectivity index (χ1) is 6.99. The van der Waals surface area contributed by atoms with Gasteiger partial charge in [-0.15, -0.1) is 0 Å². The highest BCUT2D eigenvalue weighted by Crippen LogP contribution is 2.04. The van der Waals surface area contributed by atoms with Gasteiger partial charge in [-0.25, -0.2) is 4.79 Å². The number of aromatic nitrogens is 1. The van der Waals surface area contributed by atoms with Gasteiger partial charge in [-0.05, 0) is 20.8 Å². The van der Waals surface area contributed by atoms with Crippen LogP contribution in [0, 0.1) is 6.92 Å². The number of amides is 2. The first kappa shape index (κ1) is 11.6. The second-order valence-corrected chi connectivity index (χ2v) is 3.89. The van der Waals surface area contributed by atoms with E-state index in [1.807, 2.05) is 26.8 Å². The Labute approximate surface area is 89.4 Å². The van der Waals surface area contributed by atoms with Crippen LogP contribution in [0.3, 0.4) is 0 Å². The van der Waals surface area contributed by atoms with Gasteiger partial charge in [0, 0.05) is 19.2 Å². The molecule has 0 aliphatic rings. The molecular formula is C10H17N3O2. The Morgan fingerprint density at radius 3 is 2.80 bits per heavy atom. The Bertz CT molecular complexity index is 333. The maximum atomic E-state index is 11.5. The highest BCUT2D eigenvalue weighted by Gasteiger charge is 2.11. The third-order valence-corrected chi connectivity index (χ3v) is 1.83. The minimum absolute atomic E-state index is 0.106. The summed E-state index contributed by atoms with van der Waals surface area (Å²) in [6.07, 6.45) is 0. The van der Waals surface area contributed by atoms with Crippen molar-refractivity contribution in [3.05, 3.63) is 17.5 Å². The Morgan fingerprint density at radius 1 is 1.67 bits per heavy atom. The Morgan fingerprint density at radius 2 is 2.33 bits per heavy atom. The minimum atomic E-state index is -0.106. The molecule has 0 unspecified atom stereocenters. The first-order valence-corrected chi connectivity index (χ1v) is 4.93. The zero-order valence-corrected chi connectivity index (χ0v) is 9.57. The van der Waals surface area contributed by atoms with Gasteiger partial charge in [0.2, 0.25) is 0 Å². The molecule has 0 spiro atoms. The highest BCUT2D eigenvalue weighted by molar-refractivity contribution is 5.74. The average Bonchev–Trinajstić information content (AvgIpc) is 2.50. The molecule has 0 atom stereocenters. The number of carbonyl (C=O) groups is 1. The Kier molecular flexibility index (Phi) is 3.71. The van der Waals surface area contributed by atoms with Gasteiger partial charge < -0.3 is 14.7 Å². The molecule has 2 amide bonds. The SMILES string of the molecule is Cc1cc(CN(C)C(=O)NC(C)C)no1. The molecule has 0 fully saturated rings. The van der Waals surface area contributed by atoms with E-state index in [-0.39, 0.29) is 12.1 Å². The van der Waals surface area contributed by atoms with Crippen molar-refractivity contribution in [2.75, 3.05) is 7.05 Å². The molecule has 1 aromatic rings. The van der Waals surface area contributed by atoms with E-state index in [1.54, 1.807) is 11.9 Å². The van der Waals surface area contributed by atoms with Crippen LogP contribution in [-0.2, 0) is 6.54 Å². The summed E-state index contributed by atoms with van der Waals surface area (Å²) in [5, 5.41) is 6.62. The molecule has 15 heavy (non-hydrogen) atoms. The van der Waals surface area contributed by atoms with Crippen molar-refractivity contribution in [1.82, 2.24) is 15.4 Å². The molecule has 84 valence electrons. The summed E-state index contributed by atoms with van der Waals surface area (Å²) < 4.78 is 4.92. The van der Waals surface area contributed by atoms with Gasteiger partial charge in [0.1, 0.15) is 11.5 Å². The molecular weight excluding hydrogens is 194 g/mol. The third-order valence-electron chi connectivity index (χ3n) is 1.83. The second-order valence-electron chi connectivity index (χ2n) is 3.89. The molecule has 0 aliphatic heterocycles. The van der Waals surface area contributed by atoms with Crippen LogP contribution < -0.4 is 5.32 Å². The molecule has 5 nitrogen and oxygen atoms in total. The van der Waals surface area contributed by atoms with Crippen LogP contribution >= 0.6 is 0 Å². The molecule has 1 heterocycles. The monoisotopic (exact) mass is 211 g/mol. The van der Waals surface area contributed by atoms with Crippen molar-refractivity contribution < 1.29 is 9.32 Å². The van der Waals surface area contributed by atoms with Crippen LogP contribution in [0.15, 0.2) is 10.6 Å². The van der Waals surface area contributed by atoms with E-state index in [4.69, 9.17) is 4.52 Å². The number of urea groups is 1. The number of nitrogens with zero attached hydrogens (tertiary/aromatic N) is 2. The zero-order chi connectivity index (χ0) is 11.4. The van der Waals surface area contributed by atoms with Crippen molar-refractivity contribution in [1.29, 1.82) is 0 Å². The van der Waals surface area contributed by atoms with Gasteiger partial charge in [0.05, 0.1) is 6.54 Å². The third kappa shape index (κ3) is 3.61. The van der Waals surface area contributed by atoms with Crippen molar-refractivity contribution >= 4 is 6.03 Å². The maximum absolute atomic E-state index is 11.5. The molecule has 0 aliphatic carbocycles. The fourth-order valence-corrected chi connectivity index (χ4v) is 1.16. The van der Waals surface area contributed by atoms with E-state index in [1.165, 1.54) is 0 Å². The lowest BCUT2D eigenvalue weighted by Crippen LogP contribution is -2.40. The molecule has 0 saturated heterocycles. The summed E-state index contributed by atoms with van der Waals surface area (Å²) in [5.41, 5.74) is 0.758. The van der Waals surface area contributed by atoms with Gasteiger partial charge >= 0.3 is 6.03 Å². The molecule has 0 aromatic carbocycles. The lowest BCUT2D eigenvalue weighted by atomic mass is 10.3. The minimum Gasteiger partial charge on any atom is -0.361 e. The Balaban J connectivity index is 2.48. The number of hydrogen-bond donors (Lipinski definition) is 1. The zero-order valence-electron chi connectivity index (χ0n) is 9.57. The molecule has 1 aromatic heterocycles. The number of carbonyl (C=O) groups excluding carboxylic acids is 1. The predicted molar refractivity (Wildman–Crippen MR) is 56.4 cm³/mol. The van der Waals surface area contributed by atoms with Crippen LogP contribution in [0.25, 0.3) is 0 Å². The topological polar surface area (TPSA) is 58.4 Å². The molecule has 5 heteroatoms. The van der Waals surface area contributed by atoms with E-state index in [9.17, 15) is 4.79 Å². The normalized spacial score (nSPS) is 10.5. The number of nitrogens with one attached hydrogen (secondary N) is 1. The second kappa shape index (κ2) is 4.82. The van der Waals surface area contributed by atoms with Crippen molar-refractivity contribution in [3.8, 4) is 0 Å². The van der Waals surface area contributed by atoms with E-state index < -0.39 is 0 Å². The smallest absolute Gasteiger partial charge is 0.317 e. The summed E-state index contributed by atoms with van der Waals surface area (Å²) in [6, 6.07) is 1.85. The summed E-state index contributed by atoms with van der Waals surface area (Å²) in [6.45, 7) is 6.12. The lowest BCUT2D eigenvalue weighted by Gasteiger charge is -2.18. The quantitative estimate of drug-likeness (QED) is 0.824. The van der Waals surface area contributed by atoms with E-state index in [0.29, 0.717) is 6.54 Å². The number of aryl methyl sites for hydroxylation is 1. The molecule has 0 radical (unpaired) electrons. The number of hydrogen-bond acceptors (Lipinski definition) is 3. The fraction of sp³-hybridized carbons (Fsp3) is 0.600. The maximum Gasteiger partial charge on any atom is 0.317 e. The molecule has 1 rings (SSSR count). The Hall–Kier alpha value is -1.52. The van der Waals surface area contributed by atoms with Crippen LogP contribution in [-0.4, -0.2) is 29.2 Å². The van der Waals surface area contributed by atoms with Gasteiger partial charge in [-0.1, -0.05) is 5.16 Å². The van der Waals surface area contributed by atoms with Crippen LogP contribution in [0.5, 0.6) is 0 Å². The van der Waals surface area contributed by atoms with Gasteiger partial charge in [0.15, 0.2) is 0 Å². The van der Waals surface area contributed by atoms with E-state index in [0.717, 1.165) is 11.5 Å². The lowest BCUT2D eigenvalue weighted by molar-refractivity contribution is 0.203. The van der Waals surface area contributed by atoms with E-state index >= 15 is 0 Å². The molecule has 1 N–H and O–H groups in total. The first-order valence-electron chi connectivity index (χ1n) is 4.93. The number of rotatable bonds is 3. The summed E-state index contributed by atoms with van der Waals surface area (Å²) in [5.74, 6) is 0.752. The van der Waals surface area contributed by atoms with Gasteiger partial charge in [-0.3, -0.25) is 0 Å². The average molecular weight is 211 g/mol. The highest BCUT2D eigenvalue weighted by atomic mass is 16.5. The summed E-state index contributed by atoms with van der Waals surface area (Å²) in [4.78, 5) is 13.1. The summed E-state index contributed by atoms with van der Waals surface area (Å²) in [7, 11) is 1.72. The summed E-state index contributed by atoms with van der Waals surface area (Å²) >= 11 is 0. The molecule has 0 bridgehead atoms. The fourth-order valence-electron chi connectivity index (χ4n) is 1.16. The van der Waals surface area contributed by atoms with E-state index in [2.05, 4.69) is 10.5 Å². The van der Waals surface area contributed by atoms with Crippen molar-refractivity contribution in [3.63, 3.8) is 0 Å². The largest absolute Gasteiger partial charge is 0.361 e. The van der Waals surface area contributed by atoms with Gasteiger partial charge in [0.25, 0.3) is 0 Å². The van der Waals surface area contributed by atoms with Crippen molar-refractivity contribution in [2.45, 2.75) is 33.4 Å². The van der Waals surface area contributed by atoms with Crippen molar-refractivity contribution in [2.24, 2.45) is 0 Å². The van der Waals surface area contributed by atoms with Crippen LogP contribution in [0.4, 0.5) is 4.79 Å². The standard InChI is InChI=1S/C10H17N3O2/c1-7(2)11-10(14)13(4)6-9-5-8(3)15-12-9/h5,7H,6H2,1-4H3,(H,11,14). The van der Waals surface area contributed by atoms with Gasteiger partial charge in [-0.2, -0.15) is 0 Å². The predicted octanol–water partition coefficient (Wildman–Crippen LogP) is 1.53. The van der Waals surface area contributed by atoms with Crippen LogP contribution in [0.1, 0.15) is 25.3 Å². The molecule has 0 saturated carbocycles. The van der Waals surface area contributed by atoms with Crippen LogP contribution in [0.2, 0.25) is 0 Å².